The molecule has 2 unspecified atom stereocenters. The van der Waals surface area contributed by atoms with Crippen LogP contribution < -0.4 is 9.80 Å². The minimum atomic E-state index is -0.741. The molecule has 45 heavy (non-hydrogen) atoms. The topological polar surface area (TPSA) is 81.2 Å². The van der Waals surface area contributed by atoms with Gasteiger partial charge in [0.05, 0.1) is 16.6 Å². The first-order chi connectivity index (χ1) is 21.8. The molecule has 3 aliphatic heterocycles. The second-order valence-corrected chi connectivity index (χ2v) is 14.4. The number of nitrogens with zero attached hydrogens (tertiary/aromatic N) is 3. The maximum atomic E-state index is 14.9. The van der Waals surface area contributed by atoms with Crippen molar-refractivity contribution in [2.75, 3.05) is 36.0 Å². The largest absolute Gasteiger partial charge is 0.396 e. The summed E-state index contributed by atoms with van der Waals surface area (Å²) >= 11 is 1.68. The Balaban J connectivity index is 1.42. The molecule has 3 aromatic rings. The zero-order chi connectivity index (χ0) is 31.8. The number of fused-ring (bicyclic) bond motifs is 2. The van der Waals surface area contributed by atoms with Gasteiger partial charge in [-0.1, -0.05) is 60.7 Å². The molecule has 3 fully saturated rings. The minimum absolute atomic E-state index is 0.0103. The molecule has 0 aliphatic carbocycles. The molecule has 3 heterocycles. The fourth-order valence-electron chi connectivity index (χ4n) is 7.89. The maximum absolute atomic E-state index is 14.9. The molecule has 6 rings (SSSR count). The maximum Gasteiger partial charge on any atom is 0.251 e. The lowest BCUT2D eigenvalue weighted by Crippen LogP contribution is -2.55. The molecule has 3 aromatic carbocycles. The highest BCUT2D eigenvalue weighted by Crippen LogP contribution is 2.71. The lowest BCUT2D eigenvalue weighted by Gasteiger charge is -2.38. The number of likely N-dealkylation sites (tertiary alicyclic amines) is 1. The number of para-hydroxylation sites is 1. The Labute approximate surface area is 269 Å². The van der Waals surface area contributed by atoms with Crippen molar-refractivity contribution in [3.8, 4) is 0 Å². The molecule has 2 bridgehead atoms. The molecular weight excluding hydrogens is 582 g/mol. The summed E-state index contributed by atoms with van der Waals surface area (Å²) in [5, 5.41) is 11.7. The van der Waals surface area contributed by atoms with E-state index in [1.165, 1.54) is 0 Å². The fraction of sp³-hybridized carbons (Fsp3) is 0.378. The van der Waals surface area contributed by atoms with Crippen LogP contribution in [0.3, 0.4) is 0 Å². The molecule has 1 N–H and O–H groups in total. The van der Waals surface area contributed by atoms with E-state index < -0.39 is 27.4 Å². The highest BCUT2D eigenvalue weighted by Gasteiger charge is 2.77. The Morgan fingerprint density at radius 1 is 0.911 bits per heavy atom. The van der Waals surface area contributed by atoms with Crippen molar-refractivity contribution in [2.45, 2.75) is 48.1 Å². The van der Waals surface area contributed by atoms with E-state index >= 15 is 0 Å². The van der Waals surface area contributed by atoms with Gasteiger partial charge in [-0.15, -0.1) is 24.9 Å². The standard InChI is InChI=1S/C37H41N3O4S/c1-4-21-38(28-15-7-6-8-16-28)33(42)30-31-34(43)40(23-11-12-24-41)32(37(31)20-19-36(30,3)45-37)35(44)39(22-5-2)29-18-17-26-13-9-10-14-27(26)25-29/h4-10,13-18,25,30-32,41H,1-2,11-12,19-24H2,3H3/t30-,31-,32?,36+,37?/m0/s1. The molecular formula is C37H41N3O4S. The molecule has 234 valence electrons. The molecule has 5 atom stereocenters. The average molecular weight is 624 g/mol. The van der Waals surface area contributed by atoms with E-state index in [0.29, 0.717) is 38.9 Å². The summed E-state index contributed by atoms with van der Waals surface area (Å²) in [6.45, 7) is 10.9. The summed E-state index contributed by atoms with van der Waals surface area (Å²) in [7, 11) is 0. The zero-order valence-corrected chi connectivity index (χ0v) is 26.6. The summed E-state index contributed by atoms with van der Waals surface area (Å²) in [5.41, 5.74) is 1.51. The van der Waals surface area contributed by atoms with E-state index in [4.69, 9.17) is 0 Å². The fourth-order valence-corrected chi connectivity index (χ4v) is 10.2. The van der Waals surface area contributed by atoms with Gasteiger partial charge in [0.25, 0.3) is 5.91 Å². The summed E-state index contributed by atoms with van der Waals surface area (Å²) in [4.78, 5) is 49.4. The highest BCUT2D eigenvalue weighted by molar-refractivity contribution is 8.02. The summed E-state index contributed by atoms with van der Waals surface area (Å²) in [6.07, 6.45) is 5.93. The van der Waals surface area contributed by atoms with Crippen LogP contribution in [0.2, 0.25) is 0 Å². The number of rotatable bonds is 12. The number of anilines is 2. The Morgan fingerprint density at radius 2 is 1.58 bits per heavy atom. The van der Waals surface area contributed by atoms with Gasteiger partial charge in [0, 0.05) is 42.4 Å². The Morgan fingerprint density at radius 3 is 2.27 bits per heavy atom. The number of aliphatic hydroxyl groups is 1. The Bertz CT molecular complexity index is 1630. The first-order valence-electron chi connectivity index (χ1n) is 15.8. The van der Waals surface area contributed by atoms with E-state index in [1.807, 2.05) is 72.8 Å². The predicted molar refractivity (Wildman–Crippen MR) is 182 cm³/mol. The van der Waals surface area contributed by atoms with Crippen molar-refractivity contribution in [1.29, 1.82) is 0 Å². The molecule has 1 spiro atoms. The second kappa shape index (κ2) is 12.5. The van der Waals surface area contributed by atoms with E-state index in [-0.39, 0.29) is 24.3 Å². The summed E-state index contributed by atoms with van der Waals surface area (Å²) in [5.74, 6) is -1.60. The third-order valence-corrected chi connectivity index (χ3v) is 11.8. The van der Waals surface area contributed by atoms with Crippen molar-refractivity contribution in [3.63, 3.8) is 0 Å². The van der Waals surface area contributed by atoms with Crippen LogP contribution in [-0.2, 0) is 14.4 Å². The van der Waals surface area contributed by atoms with Crippen LogP contribution in [0.5, 0.6) is 0 Å². The van der Waals surface area contributed by atoms with Crippen molar-refractivity contribution in [3.05, 3.63) is 98.1 Å². The van der Waals surface area contributed by atoms with Crippen LogP contribution >= 0.6 is 11.8 Å². The molecule has 8 heteroatoms. The molecule has 3 saturated heterocycles. The van der Waals surface area contributed by atoms with Gasteiger partial charge in [-0.2, -0.15) is 0 Å². The van der Waals surface area contributed by atoms with Crippen molar-refractivity contribution >= 4 is 51.6 Å². The van der Waals surface area contributed by atoms with Gasteiger partial charge in [0.2, 0.25) is 11.8 Å². The summed E-state index contributed by atoms with van der Waals surface area (Å²) in [6, 6.07) is 22.8. The number of thioether (sulfide) groups is 1. The van der Waals surface area contributed by atoms with Crippen LogP contribution in [0.1, 0.15) is 32.6 Å². The third kappa shape index (κ3) is 5.18. The Kier molecular flexibility index (Phi) is 8.63. The van der Waals surface area contributed by atoms with Gasteiger partial charge in [-0.25, -0.2) is 0 Å². The van der Waals surface area contributed by atoms with Crippen molar-refractivity contribution in [2.24, 2.45) is 11.8 Å². The number of unbranched alkanes of at least 4 members (excludes halogenated alkanes) is 1. The number of carbonyl (C=O) groups is 3. The van der Waals surface area contributed by atoms with Crippen LogP contribution in [0.25, 0.3) is 10.8 Å². The third-order valence-electron chi connectivity index (χ3n) is 9.85. The highest BCUT2D eigenvalue weighted by atomic mass is 32.2. The number of hydrogen-bond donors (Lipinski definition) is 1. The smallest absolute Gasteiger partial charge is 0.251 e. The molecule has 7 nitrogen and oxygen atoms in total. The number of amides is 3. The lowest BCUT2D eigenvalue weighted by molar-refractivity contribution is -0.139. The zero-order valence-electron chi connectivity index (χ0n) is 25.8. The normalized spacial score (nSPS) is 26.6. The number of aliphatic hydroxyl groups excluding tert-OH is 1. The number of benzene rings is 3. The van der Waals surface area contributed by atoms with E-state index in [0.717, 1.165) is 28.6 Å². The van der Waals surface area contributed by atoms with Gasteiger partial charge in [0.15, 0.2) is 0 Å². The average Bonchev–Trinajstić information content (AvgIpc) is 3.62. The van der Waals surface area contributed by atoms with Crippen LogP contribution in [0, 0.1) is 11.8 Å². The first kappa shape index (κ1) is 31.1. The van der Waals surface area contributed by atoms with Crippen molar-refractivity contribution in [1.82, 2.24) is 4.90 Å². The predicted octanol–water partition coefficient (Wildman–Crippen LogP) is 5.83. The van der Waals surface area contributed by atoms with Crippen molar-refractivity contribution < 1.29 is 19.5 Å². The number of carbonyl (C=O) groups excluding carboxylic acids is 3. The Hall–Kier alpha value is -3.88. The molecule has 3 aliphatic rings. The monoisotopic (exact) mass is 623 g/mol. The quantitative estimate of drug-likeness (QED) is 0.203. The molecule has 0 radical (unpaired) electrons. The van der Waals surface area contributed by atoms with Gasteiger partial charge < -0.3 is 19.8 Å². The van der Waals surface area contributed by atoms with E-state index in [9.17, 15) is 19.5 Å². The first-order valence-corrected chi connectivity index (χ1v) is 16.6. The number of hydrogen-bond acceptors (Lipinski definition) is 5. The molecule has 3 amide bonds. The lowest BCUT2D eigenvalue weighted by atomic mass is 9.66. The van der Waals surface area contributed by atoms with Crippen LogP contribution in [-0.4, -0.2) is 69.5 Å². The second-order valence-electron chi connectivity index (χ2n) is 12.5. The van der Waals surface area contributed by atoms with Crippen LogP contribution in [0.15, 0.2) is 98.1 Å². The van der Waals surface area contributed by atoms with Gasteiger partial charge in [-0.3, -0.25) is 14.4 Å². The SMILES string of the molecule is C=CCN(C(=O)C1N(CCCCO)C(=O)[C@@H]2[C@@H](C(=O)N(CC=C)c3ccccc3)[C@@]3(C)CCC12S3)c1ccc2ccccc2c1. The van der Waals surface area contributed by atoms with E-state index in [1.54, 1.807) is 38.6 Å². The molecule has 0 saturated carbocycles. The van der Waals surface area contributed by atoms with Crippen LogP contribution in [0.4, 0.5) is 11.4 Å². The summed E-state index contributed by atoms with van der Waals surface area (Å²) < 4.78 is -1.23. The van der Waals surface area contributed by atoms with Gasteiger partial charge >= 0.3 is 0 Å². The molecule has 0 aromatic heterocycles. The van der Waals surface area contributed by atoms with Gasteiger partial charge in [0.1, 0.15) is 6.04 Å². The minimum Gasteiger partial charge on any atom is -0.396 e. The van der Waals surface area contributed by atoms with Gasteiger partial charge in [-0.05, 0) is 67.6 Å². The van der Waals surface area contributed by atoms with E-state index in [2.05, 4.69) is 20.1 Å².